The normalized spacial score (nSPS) is 23.8. The van der Waals surface area contributed by atoms with Crippen LogP contribution < -0.4 is 16.0 Å². The number of anilines is 2. The monoisotopic (exact) mass is 455 g/mol. The Morgan fingerprint density at radius 3 is 2.59 bits per heavy atom. The molecule has 3 N–H and O–H groups in total. The van der Waals surface area contributed by atoms with Gasteiger partial charge in [-0.2, -0.15) is 0 Å². The number of hydrogen-bond donors (Lipinski definition) is 3. The Balaban J connectivity index is 1.64. The predicted octanol–water partition coefficient (Wildman–Crippen LogP) is 3.94. The lowest BCUT2D eigenvalue weighted by Gasteiger charge is -2.29. The lowest BCUT2D eigenvalue weighted by atomic mass is 9.79. The van der Waals surface area contributed by atoms with E-state index >= 15 is 0 Å². The van der Waals surface area contributed by atoms with Gasteiger partial charge in [0.05, 0.1) is 18.1 Å². The Hall–Kier alpha value is -2.90. The zero-order chi connectivity index (χ0) is 23.0. The van der Waals surface area contributed by atoms with Crippen molar-refractivity contribution in [3.05, 3.63) is 58.6 Å². The second kappa shape index (κ2) is 8.56. The average molecular weight is 456 g/mol. The third-order valence-corrected chi connectivity index (χ3v) is 6.46. The molecule has 0 saturated carbocycles. The summed E-state index contributed by atoms with van der Waals surface area (Å²) in [5.74, 6) is -1.35. The van der Waals surface area contributed by atoms with E-state index < -0.39 is 17.4 Å². The van der Waals surface area contributed by atoms with Gasteiger partial charge in [-0.3, -0.25) is 14.9 Å². The van der Waals surface area contributed by atoms with Crippen molar-refractivity contribution in [2.24, 2.45) is 11.8 Å². The summed E-state index contributed by atoms with van der Waals surface area (Å²) < 4.78 is 4.99. The summed E-state index contributed by atoms with van der Waals surface area (Å²) in [7, 11) is 0. The molecule has 32 heavy (non-hydrogen) atoms. The first-order valence-electron chi connectivity index (χ1n) is 10.7. The lowest BCUT2D eigenvalue weighted by molar-refractivity contribution is -0.130. The molecule has 8 heteroatoms. The molecule has 2 aromatic carbocycles. The Bertz CT molecular complexity index is 1070. The molecular weight excluding hydrogens is 430 g/mol. The van der Waals surface area contributed by atoms with Crippen molar-refractivity contribution in [2.45, 2.75) is 38.8 Å². The van der Waals surface area contributed by atoms with Gasteiger partial charge in [0.15, 0.2) is 0 Å². The van der Waals surface area contributed by atoms with Crippen molar-refractivity contribution in [2.75, 3.05) is 17.2 Å². The zero-order valence-corrected chi connectivity index (χ0v) is 19.0. The van der Waals surface area contributed by atoms with Crippen molar-refractivity contribution >= 4 is 40.8 Å². The minimum absolute atomic E-state index is 0.0207. The molecule has 2 aromatic rings. The Morgan fingerprint density at radius 2 is 1.94 bits per heavy atom. The van der Waals surface area contributed by atoms with Gasteiger partial charge in [-0.15, -0.1) is 0 Å². The van der Waals surface area contributed by atoms with Crippen LogP contribution in [0, 0.1) is 11.8 Å². The molecule has 7 nitrogen and oxygen atoms in total. The summed E-state index contributed by atoms with van der Waals surface area (Å²) >= 11 is 6.25. The lowest BCUT2D eigenvalue weighted by Crippen LogP contribution is -2.52. The topological polar surface area (TPSA) is 96.5 Å². The Morgan fingerprint density at radius 1 is 1.22 bits per heavy atom. The van der Waals surface area contributed by atoms with E-state index in [9.17, 15) is 14.4 Å². The van der Waals surface area contributed by atoms with E-state index in [1.165, 1.54) is 0 Å². The summed E-state index contributed by atoms with van der Waals surface area (Å²) in [4.78, 5) is 38.5. The molecule has 1 spiro atoms. The molecular formula is C24H26ClN3O4. The van der Waals surface area contributed by atoms with E-state index in [2.05, 4.69) is 29.8 Å². The first-order chi connectivity index (χ1) is 15.3. The molecule has 168 valence electrons. The highest BCUT2D eigenvalue weighted by atomic mass is 35.5. The second-order valence-corrected chi connectivity index (χ2v) is 8.96. The summed E-state index contributed by atoms with van der Waals surface area (Å²) in [6.45, 7) is 6.16. The summed E-state index contributed by atoms with van der Waals surface area (Å²) in [6, 6.07) is 11.7. The van der Waals surface area contributed by atoms with Gasteiger partial charge in [-0.1, -0.05) is 25.4 Å². The molecule has 3 atom stereocenters. The first-order valence-corrected chi connectivity index (χ1v) is 11.1. The first kappa shape index (κ1) is 22.3. The number of halogens is 1. The number of carbonyl (C=O) groups excluding carboxylic acids is 3. The molecule has 0 unspecified atom stereocenters. The minimum atomic E-state index is -1.19. The number of nitrogens with one attached hydrogen (secondary N) is 3. The fourth-order valence-electron chi connectivity index (χ4n) is 4.54. The van der Waals surface area contributed by atoms with Crippen LogP contribution in [0.3, 0.4) is 0 Å². The van der Waals surface area contributed by atoms with Crippen LogP contribution in [-0.4, -0.2) is 30.4 Å². The van der Waals surface area contributed by atoms with E-state index in [1.807, 2.05) is 0 Å². The maximum Gasteiger partial charge on any atom is 0.338 e. The van der Waals surface area contributed by atoms with Crippen LogP contribution in [0.4, 0.5) is 11.4 Å². The Kier molecular flexibility index (Phi) is 5.97. The number of esters is 1. The maximum atomic E-state index is 13.4. The van der Waals surface area contributed by atoms with E-state index in [-0.39, 0.29) is 23.8 Å². The van der Waals surface area contributed by atoms with Crippen molar-refractivity contribution < 1.29 is 19.1 Å². The third kappa shape index (κ3) is 3.76. The van der Waals surface area contributed by atoms with E-state index in [0.29, 0.717) is 40.6 Å². The number of ether oxygens (including phenoxy) is 1. The van der Waals surface area contributed by atoms with Crippen LogP contribution in [0.2, 0.25) is 5.02 Å². The molecule has 2 amide bonds. The van der Waals surface area contributed by atoms with Gasteiger partial charge in [-0.05, 0) is 61.7 Å². The molecule has 0 aliphatic carbocycles. The van der Waals surface area contributed by atoms with E-state index in [0.717, 1.165) is 0 Å². The van der Waals surface area contributed by atoms with Gasteiger partial charge in [0.25, 0.3) is 0 Å². The molecule has 0 bridgehead atoms. The highest BCUT2D eigenvalue weighted by molar-refractivity contribution is 6.31. The average Bonchev–Trinajstić information content (AvgIpc) is 3.29. The van der Waals surface area contributed by atoms with Gasteiger partial charge in [0.1, 0.15) is 5.54 Å². The van der Waals surface area contributed by atoms with Crippen molar-refractivity contribution in [1.82, 2.24) is 5.32 Å². The van der Waals surface area contributed by atoms with Crippen molar-refractivity contribution in [1.29, 1.82) is 0 Å². The van der Waals surface area contributed by atoms with Gasteiger partial charge < -0.3 is 15.4 Å². The number of fused-ring (bicyclic) bond motifs is 2. The molecule has 2 aliphatic rings. The minimum Gasteiger partial charge on any atom is -0.462 e. The molecule has 4 rings (SSSR count). The quantitative estimate of drug-likeness (QED) is 0.593. The third-order valence-electron chi connectivity index (χ3n) is 6.22. The van der Waals surface area contributed by atoms with Crippen LogP contribution in [-0.2, 0) is 19.9 Å². The molecule has 1 saturated heterocycles. The summed E-state index contributed by atoms with van der Waals surface area (Å²) in [5.41, 5.74) is 1.10. The van der Waals surface area contributed by atoms with Crippen LogP contribution in [0.1, 0.15) is 43.1 Å². The smallest absolute Gasteiger partial charge is 0.338 e. The number of amides is 2. The van der Waals surface area contributed by atoms with Gasteiger partial charge >= 0.3 is 5.97 Å². The Labute approximate surface area is 191 Å². The largest absolute Gasteiger partial charge is 0.462 e. The number of hydrogen-bond acceptors (Lipinski definition) is 5. The number of carbonyl (C=O) groups is 3. The van der Waals surface area contributed by atoms with Gasteiger partial charge in [0, 0.05) is 28.0 Å². The molecule has 0 radical (unpaired) electrons. The fraction of sp³-hybridized carbons (Fsp3) is 0.375. The second-order valence-electron chi connectivity index (χ2n) is 8.52. The SMILES string of the molecule is CCOC(=O)c1ccc(NC(=O)[C@@H]2C[C@@H](C(C)C)N[C@@]23C(=O)Nc2ccc(Cl)cc23)cc1. The highest BCUT2D eigenvalue weighted by Gasteiger charge is 2.60. The van der Waals surface area contributed by atoms with Gasteiger partial charge in [0.2, 0.25) is 11.8 Å². The van der Waals surface area contributed by atoms with Crippen LogP contribution >= 0.6 is 11.6 Å². The summed E-state index contributed by atoms with van der Waals surface area (Å²) in [6.07, 6.45) is 0.504. The fourth-order valence-corrected chi connectivity index (χ4v) is 4.71. The van der Waals surface area contributed by atoms with Crippen molar-refractivity contribution in [3.63, 3.8) is 0 Å². The predicted molar refractivity (Wildman–Crippen MR) is 123 cm³/mol. The summed E-state index contributed by atoms with van der Waals surface area (Å²) in [5, 5.41) is 9.78. The van der Waals surface area contributed by atoms with Crippen LogP contribution in [0.5, 0.6) is 0 Å². The molecule has 0 aromatic heterocycles. The van der Waals surface area contributed by atoms with Crippen molar-refractivity contribution in [3.8, 4) is 0 Å². The maximum absolute atomic E-state index is 13.4. The standard InChI is InChI=1S/C24H26ClN3O4/c1-4-32-22(30)14-5-8-16(9-6-14)26-21(29)18-12-20(13(2)3)28-24(18)17-11-15(25)7-10-19(17)27-23(24)31/h5-11,13,18,20,28H,4,12H2,1-3H3,(H,26,29)(H,27,31)/t18-,20-,24+/m0/s1. The van der Waals surface area contributed by atoms with Gasteiger partial charge in [-0.25, -0.2) is 4.79 Å². The molecule has 2 aliphatic heterocycles. The highest BCUT2D eigenvalue weighted by Crippen LogP contribution is 2.48. The molecule has 2 heterocycles. The number of rotatable bonds is 5. The zero-order valence-electron chi connectivity index (χ0n) is 18.2. The number of benzene rings is 2. The molecule has 1 fully saturated rings. The van der Waals surface area contributed by atoms with Crippen LogP contribution in [0.15, 0.2) is 42.5 Å². The van der Waals surface area contributed by atoms with E-state index in [4.69, 9.17) is 16.3 Å². The van der Waals surface area contributed by atoms with E-state index in [1.54, 1.807) is 49.4 Å². The van der Waals surface area contributed by atoms with Crippen LogP contribution in [0.25, 0.3) is 0 Å².